The highest BCUT2D eigenvalue weighted by molar-refractivity contribution is 6.35. The Labute approximate surface area is 93.8 Å². The maximum Gasteiger partial charge on any atom is 0.0700 e. The summed E-state index contributed by atoms with van der Waals surface area (Å²) >= 11 is 6.13. The lowest BCUT2D eigenvalue weighted by molar-refractivity contribution is 0.598. The molecular formula is C11H14ClN3. The second-order valence-electron chi connectivity index (χ2n) is 3.58. The average molecular weight is 224 g/mol. The quantitative estimate of drug-likeness (QED) is 0.868. The van der Waals surface area contributed by atoms with E-state index in [0.717, 1.165) is 34.6 Å². The third-order valence-electron chi connectivity index (χ3n) is 2.48. The summed E-state index contributed by atoms with van der Waals surface area (Å²) in [6.07, 6.45) is 0.933. The van der Waals surface area contributed by atoms with Gasteiger partial charge < -0.3 is 5.73 Å². The van der Waals surface area contributed by atoms with Gasteiger partial charge in [0.15, 0.2) is 0 Å². The Morgan fingerprint density at radius 1 is 1.47 bits per heavy atom. The molecule has 1 heterocycles. The molecule has 80 valence electrons. The van der Waals surface area contributed by atoms with Crippen molar-refractivity contribution in [1.29, 1.82) is 0 Å². The number of fused-ring (bicyclic) bond motifs is 1. The second-order valence-corrected chi connectivity index (χ2v) is 3.99. The summed E-state index contributed by atoms with van der Waals surface area (Å²) in [5.41, 5.74) is 7.56. The predicted octanol–water partition coefficient (Wildman–Crippen LogP) is 2.35. The molecule has 0 amide bonds. The molecule has 0 aliphatic carbocycles. The zero-order valence-electron chi connectivity index (χ0n) is 8.70. The second kappa shape index (κ2) is 4.21. The van der Waals surface area contributed by atoms with Gasteiger partial charge in [0, 0.05) is 11.9 Å². The number of aryl methyl sites for hydroxylation is 2. The van der Waals surface area contributed by atoms with E-state index >= 15 is 0 Å². The minimum absolute atomic E-state index is 0.682. The van der Waals surface area contributed by atoms with Crippen LogP contribution in [-0.2, 0) is 6.54 Å². The molecule has 2 N–H and O–H groups in total. The zero-order valence-corrected chi connectivity index (χ0v) is 9.46. The molecule has 4 heteroatoms. The summed E-state index contributed by atoms with van der Waals surface area (Å²) < 4.78 is 1.98. The van der Waals surface area contributed by atoms with Gasteiger partial charge in [0.05, 0.1) is 16.2 Å². The smallest absolute Gasteiger partial charge is 0.0700 e. The third kappa shape index (κ3) is 1.85. The highest BCUT2D eigenvalue weighted by Crippen LogP contribution is 2.26. The molecule has 0 fully saturated rings. The Balaban J connectivity index is 2.53. The Kier molecular flexibility index (Phi) is 2.93. The maximum absolute atomic E-state index is 6.13. The molecule has 3 nitrogen and oxygen atoms in total. The van der Waals surface area contributed by atoms with Crippen molar-refractivity contribution < 1.29 is 0 Å². The van der Waals surface area contributed by atoms with E-state index in [4.69, 9.17) is 17.3 Å². The lowest BCUT2D eigenvalue weighted by Gasteiger charge is -2.01. The van der Waals surface area contributed by atoms with Crippen molar-refractivity contribution in [3.05, 3.63) is 28.9 Å². The van der Waals surface area contributed by atoms with Gasteiger partial charge >= 0.3 is 0 Å². The molecule has 0 spiro atoms. The van der Waals surface area contributed by atoms with Crippen LogP contribution in [0.15, 0.2) is 18.2 Å². The minimum atomic E-state index is 0.682. The highest BCUT2D eigenvalue weighted by Gasteiger charge is 2.09. The van der Waals surface area contributed by atoms with Crippen LogP contribution in [0.4, 0.5) is 0 Å². The summed E-state index contributed by atoms with van der Waals surface area (Å²) in [4.78, 5) is 0. The summed E-state index contributed by atoms with van der Waals surface area (Å²) in [6.45, 7) is 3.51. The van der Waals surface area contributed by atoms with Crippen molar-refractivity contribution in [2.75, 3.05) is 6.54 Å². The molecule has 2 rings (SSSR count). The summed E-state index contributed by atoms with van der Waals surface area (Å²) in [5.74, 6) is 0. The number of rotatable bonds is 3. The normalized spacial score (nSPS) is 11.1. The first kappa shape index (κ1) is 10.5. The van der Waals surface area contributed by atoms with Gasteiger partial charge in [-0.05, 0) is 32.0 Å². The van der Waals surface area contributed by atoms with E-state index in [1.807, 2.05) is 29.8 Å². The van der Waals surface area contributed by atoms with Crippen LogP contribution < -0.4 is 5.73 Å². The largest absolute Gasteiger partial charge is 0.330 e. The number of benzene rings is 1. The lowest BCUT2D eigenvalue weighted by atomic mass is 10.2. The highest BCUT2D eigenvalue weighted by atomic mass is 35.5. The van der Waals surface area contributed by atoms with E-state index in [-0.39, 0.29) is 0 Å². The SMILES string of the molecule is Cc1nn(CCCN)c2cccc(Cl)c12. The maximum atomic E-state index is 6.13. The summed E-state index contributed by atoms with van der Waals surface area (Å²) in [6, 6.07) is 5.88. The van der Waals surface area contributed by atoms with Crippen LogP contribution in [-0.4, -0.2) is 16.3 Å². The number of nitrogens with two attached hydrogens (primary N) is 1. The van der Waals surface area contributed by atoms with E-state index in [0.29, 0.717) is 6.54 Å². The molecule has 15 heavy (non-hydrogen) atoms. The first-order valence-electron chi connectivity index (χ1n) is 5.05. The molecule has 1 aromatic carbocycles. The number of hydrogen-bond acceptors (Lipinski definition) is 2. The molecule has 0 bridgehead atoms. The number of aromatic nitrogens is 2. The van der Waals surface area contributed by atoms with Crippen molar-refractivity contribution in [3.8, 4) is 0 Å². The first-order valence-corrected chi connectivity index (χ1v) is 5.43. The summed E-state index contributed by atoms with van der Waals surface area (Å²) in [5, 5.41) is 6.28. The topological polar surface area (TPSA) is 43.8 Å². The van der Waals surface area contributed by atoms with Gasteiger partial charge in [0.1, 0.15) is 0 Å². The zero-order chi connectivity index (χ0) is 10.8. The molecule has 0 radical (unpaired) electrons. The van der Waals surface area contributed by atoms with Gasteiger partial charge in [0.2, 0.25) is 0 Å². The number of nitrogens with zero attached hydrogens (tertiary/aromatic N) is 2. The van der Waals surface area contributed by atoms with Gasteiger partial charge in [0.25, 0.3) is 0 Å². The van der Waals surface area contributed by atoms with Crippen LogP contribution in [0, 0.1) is 6.92 Å². The van der Waals surface area contributed by atoms with Crippen LogP contribution in [0.3, 0.4) is 0 Å². The molecule has 0 aliphatic rings. The fourth-order valence-electron chi connectivity index (χ4n) is 1.78. The Hall–Kier alpha value is -1.06. The Morgan fingerprint density at radius 3 is 3.00 bits per heavy atom. The standard InChI is InChI=1S/C11H14ClN3/c1-8-11-9(12)4-2-5-10(11)15(14-8)7-3-6-13/h2,4-5H,3,6-7,13H2,1H3. The predicted molar refractivity (Wildman–Crippen MR) is 63.2 cm³/mol. The van der Waals surface area contributed by atoms with E-state index in [2.05, 4.69) is 5.10 Å². The fourth-order valence-corrected chi connectivity index (χ4v) is 2.09. The van der Waals surface area contributed by atoms with Crippen molar-refractivity contribution in [2.24, 2.45) is 5.73 Å². The number of hydrogen-bond donors (Lipinski definition) is 1. The van der Waals surface area contributed by atoms with E-state index < -0.39 is 0 Å². The number of halogens is 1. The molecular weight excluding hydrogens is 210 g/mol. The third-order valence-corrected chi connectivity index (χ3v) is 2.79. The van der Waals surface area contributed by atoms with Gasteiger partial charge in [-0.3, -0.25) is 4.68 Å². The molecule has 1 aromatic heterocycles. The van der Waals surface area contributed by atoms with E-state index in [1.54, 1.807) is 0 Å². The fraction of sp³-hybridized carbons (Fsp3) is 0.364. The molecule has 2 aromatic rings. The van der Waals surface area contributed by atoms with Crippen LogP contribution in [0.5, 0.6) is 0 Å². The Morgan fingerprint density at radius 2 is 2.27 bits per heavy atom. The van der Waals surface area contributed by atoms with Crippen LogP contribution >= 0.6 is 11.6 Å². The van der Waals surface area contributed by atoms with E-state index in [1.165, 1.54) is 0 Å². The van der Waals surface area contributed by atoms with Gasteiger partial charge in [-0.2, -0.15) is 5.10 Å². The molecule has 0 saturated heterocycles. The molecule has 0 unspecified atom stereocenters. The van der Waals surface area contributed by atoms with Gasteiger partial charge in [-0.15, -0.1) is 0 Å². The first-order chi connectivity index (χ1) is 7.24. The van der Waals surface area contributed by atoms with Crippen LogP contribution in [0.25, 0.3) is 10.9 Å². The van der Waals surface area contributed by atoms with Crippen molar-refractivity contribution in [3.63, 3.8) is 0 Å². The van der Waals surface area contributed by atoms with Gasteiger partial charge in [-0.1, -0.05) is 17.7 Å². The minimum Gasteiger partial charge on any atom is -0.330 e. The van der Waals surface area contributed by atoms with Gasteiger partial charge in [-0.25, -0.2) is 0 Å². The Bertz CT molecular complexity index is 476. The average Bonchev–Trinajstić information content (AvgIpc) is 2.54. The molecule has 0 aliphatic heterocycles. The summed E-state index contributed by atoms with van der Waals surface area (Å²) in [7, 11) is 0. The lowest BCUT2D eigenvalue weighted by Crippen LogP contribution is -2.06. The van der Waals surface area contributed by atoms with Crippen LogP contribution in [0.1, 0.15) is 12.1 Å². The van der Waals surface area contributed by atoms with Crippen LogP contribution in [0.2, 0.25) is 5.02 Å². The monoisotopic (exact) mass is 223 g/mol. The van der Waals surface area contributed by atoms with Crippen molar-refractivity contribution >= 4 is 22.5 Å². The van der Waals surface area contributed by atoms with E-state index in [9.17, 15) is 0 Å². The molecule has 0 saturated carbocycles. The molecule has 0 atom stereocenters. The van der Waals surface area contributed by atoms with Crippen molar-refractivity contribution in [1.82, 2.24) is 9.78 Å². The van der Waals surface area contributed by atoms with Crippen molar-refractivity contribution in [2.45, 2.75) is 19.9 Å².